The first-order chi connectivity index (χ1) is 15.4. The number of carboxylic acid groups (broad SMARTS) is 1. The number of aliphatic carboxylic acids is 1. The second-order valence-electron chi connectivity index (χ2n) is 8.54. The van der Waals surface area contributed by atoms with Crippen molar-refractivity contribution in [1.29, 1.82) is 0 Å². The van der Waals surface area contributed by atoms with Gasteiger partial charge in [-0.25, -0.2) is 8.42 Å². The molecule has 6 nitrogen and oxygen atoms in total. The molecule has 2 heterocycles. The number of allylic oxidation sites excluding steroid dienone is 2. The van der Waals surface area contributed by atoms with Crippen LogP contribution in [0.4, 0.5) is 0 Å². The van der Waals surface area contributed by atoms with E-state index in [-0.39, 0.29) is 26.8 Å². The van der Waals surface area contributed by atoms with E-state index in [1.807, 2.05) is 0 Å². The zero-order chi connectivity index (χ0) is 22.7. The summed E-state index contributed by atoms with van der Waals surface area (Å²) in [7, 11) is -3.57. The number of carboxylic acids is 1. The van der Waals surface area contributed by atoms with Crippen molar-refractivity contribution in [3.8, 4) is 0 Å². The highest BCUT2D eigenvalue weighted by Crippen LogP contribution is 2.50. The van der Waals surface area contributed by atoms with E-state index in [1.54, 1.807) is 23.6 Å². The Balaban J connectivity index is 1.38. The summed E-state index contributed by atoms with van der Waals surface area (Å²) >= 11 is 2.20. The number of fused-ring (bicyclic) bond motifs is 2. The molecule has 0 aromatic carbocycles. The lowest BCUT2D eigenvalue weighted by atomic mass is 9.82. The van der Waals surface area contributed by atoms with Crippen LogP contribution in [0.1, 0.15) is 54.6 Å². The molecule has 2 saturated carbocycles. The summed E-state index contributed by atoms with van der Waals surface area (Å²) in [5.41, 5.74) is 0. The fourth-order valence-electron chi connectivity index (χ4n) is 5.04. The summed E-state index contributed by atoms with van der Waals surface area (Å²) in [4.78, 5) is 24.0. The summed E-state index contributed by atoms with van der Waals surface area (Å²) in [6, 6.07) is 6.51. The van der Waals surface area contributed by atoms with E-state index in [2.05, 4.69) is 17.5 Å². The van der Waals surface area contributed by atoms with Crippen molar-refractivity contribution in [2.75, 3.05) is 0 Å². The van der Waals surface area contributed by atoms with Crippen LogP contribution < -0.4 is 5.32 Å². The van der Waals surface area contributed by atoms with Crippen molar-refractivity contribution in [2.45, 2.75) is 59.4 Å². The number of hydrogen-bond donors (Lipinski definition) is 2. The zero-order valence-electron chi connectivity index (χ0n) is 17.6. The molecule has 2 aliphatic carbocycles. The first-order valence-electron chi connectivity index (χ1n) is 10.9. The van der Waals surface area contributed by atoms with Gasteiger partial charge in [0.2, 0.25) is 9.84 Å². The smallest absolute Gasteiger partial charge is 0.303 e. The van der Waals surface area contributed by atoms with Gasteiger partial charge in [0, 0.05) is 12.5 Å². The average Bonchev–Trinajstić information content (AvgIpc) is 3.55. The van der Waals surface area contributed by atoms with Crippen LogP contribution >= 0.6 is 22.7 Å². The molecule has 2 bridgehead atoms. The molecule has 2 aromatic heterocycles. The summed E-state index contributed by atoms with van der Waals surface area (Å²) in [6.07, 6.45) is 10.1. The standard InChI is InChI=1S/C23H27NO5S3/c25-19(26)7-4-2-1-3-6-17-15-9-10-16(14-15)22(17)24-23(27)18-11-12-21(31-18)32(28,29)20-8-5-13-30-20/h1,3,5,8,11-13,15-17,22H,2,4,6-7,9-10,14H2,(H,24,27)(H,25,26). The minimum Gasteiger partial charge on any atom is -0.481 e. The molecule has 1 amide bonds. The Bertz CT molecular complexity index is 1090. The second kappa shape index (κ2) is 9.89. The Morgan fingerprint density at radius 1 is 1.12 bits per heavy atom. The van der Waals surface area contributed by atoms with Crippen LogP contribution in [0.2, 0.25) is 0 Å². The van der Waals surface area contributed by atoms with E-state index in [9.17, 15) is 18.0 Å². The molecule has 0 radical (unpaired) electrons. The number of carbonyl (C=O) groups is 2. The highest BCUT2D eigenvalue weighted by Gasteiger charge is 2.47. The quantitative estimate of drug-likeness (QED) is 0.359. The SMILES string of the molecule is O=C(O)CCCC=CCC1C2CCC(C2)C1NC(=O)c1ccc(S(=O)(=O)c2cccs2)s1. The predicted octanol–water partition coefficient (Wildman–Crippen LogP) is 4.99. The summed E-state index contributed by atoms with van der Waals surface area (Å²) in [6.45, 7) is 0. The van der Waals surface area contributed by atoms with Gasteiger partial charge in [0.1, 0.15) is 8.42 Å². The van der Waals surface area contributed by atoms with Crippen LogP contribution in [0.15, 0.2) is 50.2 Å². The number of carbonyl (C=O) groups excluding carboxylic acids is 1. The first kappa shape index (κ1) is 23.2. The summed E-state index contributed by atoms with van der Waals surface area (Å²) in [5, 5.41) is 13.7. The van der Waals surface area contributed by atoms with Gasteiger partial charge in [-0.1, -0.05) is 18.2 Å². The van der Waals surface area contributed by atoms with Crippen molar-refractivity contribution in [1.82, 2.24) is 5.32 Å². The fraction of sp³-hybridized carbons (Fsp3) is 0.478. The monoisotopic (exact) mass is 493 g/mol. The minimum atomic E-state index is -3.57. The van der Waals surface area contributed by atoms with Crippen LogP contribution in [-0.2, 0) is 14.6 Å². The van der Waals surface area contributed by atoms with Gasteiger partial charge in [0.15, 0.2) is 0 Å². The maximum absolute atomic E-state index is 13.0. The highest BCUT2D eigenvalue weighted by molar-refractivity contribution is 7.95. The molecule has 2 aromatic rings. The minimum absolute atomic E-state index is 0.101. The molecule has 32 heavy (non-hydrogen) atoms. The number of thiophene rings is 2. The van der Waals surface area contributed by atoms with Crippen LogP contribution in [0, 0.1) is 17.8 Å². The molecule has 4 rings (SSSR count). The third kappa shape index (κ3) is 5.00. The Morgan fingerprint density at radius 3 is 2.69 bits per heavy atom. The Kier molecular flexibility index (Phi) is 7.17. The molecule has 2 N–H and O–H groups in total. The van der Waals surface area contributed by atoms with Crippen molar-refractivity contribution in [3.63, 3.8) is 0 Å². The van der Waals surface area contributed by atoms with Crippen molar-refractivity contribution in [2.24, 2.45) is 17.8 Å². The number of amides is 1. The van der Waals surface area contributed by atoms with Crippen LogP contribution in [-0.4, -0.2) is 31.4 Å². The van der Waals surface area contributed by atoms with E-state index < -0.39 is 15.8 Å². The molecule has 4 atom stereocenters. The molecular formula is C23H27NO5S3. The molecular weight excluding hydrogens is 466 g/mol. The summed E-state index contributed by atoms with van der Waals surface area (Å²) < 4.78 is 25.9. The average molecular weight is 494 g/mol. The lowest BCUT2D eigenvalue weighted by Gasteiger charge is -2.31. The number of nitrogens with one attached hydrogen (secondary N) is 1. The van der Waals surface area contributed by atoms with Gasteiger partial charge in [-0.3, -0.25) is 9.59 Å². The number of rotatable bonds is 10. The topological polar surface area (TPSA) is 101 Å². The van der Waals surface area contributed by atoms with Gasteiger partial charge in [-0.15, -0.1) is 22.7 Å². The predicted molar refractivity (Wildman–Crippen MR) is 125 cm³/mol. The number of sulfone groups is 1. The van der Waals surface area contributed by atoms with Crippen LogP contribution in [0.5, 0.6) is 0 Å². The fourth-order valence-corrected chi connectivity index (χ4v) is 8.91. The molecule has 0 aliphatic heterocycles. The normalized spacial score (nSPS) is 24.9. The van der Waals surface area contributed by atoms with E-state index in [0.717, 1.165) is 37.0 Å². The van der Waals surface area contributed by atoms with E-state index >= 15 is 0 Å². The second-order valence-corrected chi connectivity index (χ2v) is 13.0. The number of hydrogen-bond acceptors (Lipinski definition) is 6. The van der Waals surface area contributed by atoms with E-state index in [4.69, 9.17) is 5.11 Å². The first-order valence-corrected chi connectivity index (χ1v) is 14.1. The largest absolute Gasteiger partial charge is 0.481 e. The molecule has 9 heteroatoms. The van der Waals surface area contributed by atoms with Crippen molar-refractivity contribution in [3.05, 3.63) is 46.7 Å². The maximum Gasteiger partial charge on any atom is 0.303 e. The van der Waals surface area contributed by atoms with Crippen LogP contribution in [0.3, 0.4) is 0 Å². The van der Waals surface area contributed by atoms with Gasteiger partial charge in [0.05, 0.1) is 4.88 Å². The van der Waals surface area contributed by atoms with Crippen LogP contribution in [0.25, 0.3) is 0 Å². The zero-order valence-corrected chi connectivity index (χ0v) is 20.1. The van der Waals surface area contributed by atoms with Crippen molar-refractivity contribution < 1.29 is 23.1 Å². The van der Waals surface area contributed by atoms with Gasteiger partial charge in [-0.2, -0.15) is 0 Å². The van der Waals surface area contributed by atoms with E-state index in [0.29, 0.717) is 29.1 Å². The van der Waals surface area contributed by atoms with Gasteiger partial charge >= 0.3 is 5.97 Å². The molecule has 172 valence electrons. The molecule has 2 aliphatic rings. The summed E-state index contributed by atoms with van der Waals surface area (Å²) in [5.74, 6) is 0.489. The molecule has 0 saturated heterocycles. The lowest BCUT2D eigenvalue weighted by Crippen LogP contribution is -2.43. The van der Waals surface area contributed by atoms with Gasteiger partial charge in [-0.05, 0) is 79.9 Å². The molecule has 4 unspecified atom stereocenters. The van der Waals surface area contributed by atoms with Crippen molar-refractivity contribution >= 4 is 44.4 Å². The maximum atomic E-state index is 13.0. The highest BCUT2D eigenvalue weighted by atomic mass is 32.3. The van der Waals surface area contributed by atoms with Gasteiger partial charge < -0.3 is 10.4 Å². The Labute approximate surface area is 196 Å². The lowest BCUT2D eigenvalue weighted by molar-refractivity contribution is -0.137. The molecule has 0 spiro atoms. The van der Waals surface area contributed by atoms with Gasteiger partial charge in [0.25, 0.3) is 5.91 Å². The Hall–Kier alpha value is -1.97. The third-order valence-corrected chi connectivity index (χ3v) is 11.3. The molecule has 2 fully saturated rings. The number of unbranched alkanes of at least 4 members (excludes halogenated alkanes) is 1. The van der Waals surface area contributed by atoms with E-state index in [1.165, 1.54) is 23.8 Å². The Morgan fingerprint density at radius 2 is 1.94 bits per heavy atom. The third-order valence-electron chi connectivity index (χ3n) is 6.55.